The fourth-order valence-corrected chi connectivity index (χ4v) is 21.1. The third kappa shape index (κ3) is 11.4. The second-order valence-corrected chi connectivity index (χ2v) is 37.9. The lowest BCUT2D eigenvalue weighted by Gasteiger charge is -2.50. The van der Waals surface area contributed by atoms with E-state index in [2.05, 4.69) is 450 Å². The van der Waals surface area contributed by atoms with E-state index in [1.165, 1.54) is 184 Å². The summed E-state index contributed by atoms with van der Waals surface area (Å²) >= 11 is 0. The maximum Gasteiger partial charge on any atom is 0.252 e. The van der Waals surface area contributed by atoms with E-state index in [0.29, 0.717) is 0 Å². The molecule has 0 aliphatic carbocycles. The molecule has 0 N–H and O–H groups in total. The first-order valence-corrected chi connectivity index (χ1v) is 42.7. The Morgan fingerprint density at radius 1 is 0.185 bits per heavy atom. The number of nitrogens with zero attached hydrogens (tertiary/aromatic N) is 6. The Bertz CT molecular complexity index is 6020. The molecule has 0 radical (unpaired) electrons. The third-order valence-electron chi connectivity index (χ3n) is 27.0. The van der Waals surface area contributed by atoms with Crippen molar-refractivity contribution >= 4 is 172 Å². The second kappa shape index (κ2) is 26.9. The van der Waals surface area contributed by atoms with Gasteiger partial charge in [0.2, 0.25) is 0 Å². The molecule has 578 valence electrons. The Kier molecular flexibility index (Phi) is 16.7. The molecule has 6 nitrogen and oxygen atoms in total. The van der Waals surface area contributed by atoms with Crippen LogP contribution >= 0.6 is 0 Å². The van der Waals surface area contributed by atoms with Gasteiger partial charge >= 0.3 is 0 Å². The molecule has 119 heavy (non-hydrogen) atoms. The lowest BCUT2D eigenvalue weighted by molar-refractivity contribution is 0.590. The average Bonchev–Trinajstić information content (AvgIpc) is 0.673. The molecule has 6 heterocycles. The van der Waals surface area contributed by atoms with Gasteiger partial charge in [0.1, 0.15) is 0 Å². The van der Waals surface area contributed by atoms with Crippen molar-refractivity contribution in [3.63, 3.8) is 0 Å². The summed E-state index contributed by atoms with van der Waals surface area (Å²) in [6.07, 6.45) is 0. The number of hydrogen-bond donors (Lipinski definition) is 0. The van der Waals surface area contributed by atoms with Crippen LogP contribution in [0.15, 0.2) is 309 Å². The fourth-order valence-electron chi connectivity index (χ4n) is 21.1. The second-order valence-electron chi connectivity index (χ2n) is 37.9. The lowest BCUT2D eigenvalue weighted by Crippen LogP contribution is -2.66. The maximum absolute atomic E-state index is 2.68. The first-order valence-electron chi connectivity index (χ1n) is 42.7. The summed E-state index contributed by atoms with van der Waals surface area (Å²) in [6, 6.07) is 122. The summed E-state index contributed by atoms with van der Waals surface area (Å²) in [5, 5.41) is 0. The Morgan fingerprint density at radius 3 is 0.588 bits per heavy atom. The van der Waals surface area contributed by atoms with Crippen molar-refractivity contribution in [2.24, 2.45) is 0 Å². The number of benzene rings is 15. The molecular formula is C110H99B3N6. The number of hydrogen-bond acceptors (Lipinski definition) is 6. The summed E-state index contributed by atoms with van der Waals surface area (Å²) in [5.41, 5.74) is 46.1. The molecule has 15 aromatic rings. The van der Waals surface area contributed by atoms with Crippen molar-refractivity contribution in [1.82, 2.24) is 0 Å². The molecule has 0 amide bonds. The van der Waals surface area contributed by atoms with Gasteiger partial charge in [-0.25, -0.2) is 0 Å². The first kappa shape index (κ1) is 73.9. The Balaban J connectivity index is 0.942. The minimum absolute atomic E-state index is 0.0729. The average molecular weight is 1540 g/mol. The predicted molar refractivity (Wildman–Crippen MR) is 511 cm³/mol. The quantitative estimate of drug-likeness (QED) is 0.105. The smallest absolute Gasteiger partial charge is 0.252 e. The van der Waals surface area contributed by atoms with Crippen LogP contribution in [0.2, 0.25) is 0 Å². The summed E-state index contributed by atoms with van der Waals surface area (Å²) in [6.45, 7) is 36.4. The molecule has 0 saturated carbocycles. The zero-order chi connectivity index (χ0) is 81.8. The van der Waals surface area contributed by atoms with Gasteiger partial charge in [-0.05, 0) is 293 Å². The Labute approximate surface area is 705 Å². The first-order chi connectivity index (χ1) is 57.3. The van der Waals surface area contributed by atoms with Gasteiger partial charge in [0.25, 0.3) is 20.1 Å². The van der Waals surface area contributed by atoms with Crippen LogP contribution in [0.1, 0.15) is 136 Å². The van der Waals surface area contributed by atoms with Crippen molar-refractivity contribution in [1.29, 1.82) is 0 Å². The van der Waals surface area contributed by atoms with Gasteiger partial charge < -0.3 is 29.4 Å². The maximum atomic E-state index is 2.68. The monoisotopic (exact) mass is 1540 g/mol. The topological polar surface area (TPSA) is 19.4 Å². The van der Waals surface area contributed by atoms with Gasteiger partial charge in [-0.15, -0.1) is 0 Å². The van der Waals surface area contributed by atoms with Crippen molar-refractivity contribution in [3.8, 4) is 0 Å². The molecule has 0 saturated heterocycles. The summed E-state index contributed by atoms with van der Waals surface area (Å²) < 4.78 is 0. The van der Waals surface area contributed by atoms with Crippen molar-refractivity contribution in [2.45, 2.75) is 132 Å². The summed E-state index contributed by atoms with van der Waals surface area (Å²) in [7, 11) is 0. The van der Waals surface area contributed by atoms with Gasteiger partial charge in [-0.2, -0.15) is 0 Å². The molecule has 0 aromatic heterocycles. The van der Waals surface area contributed by atoms with Crippen LogP contribution in [-0.4, -0.2) is 20.1 Å². The van der Waals surface area contributed by atoms with E-state index in [1.807, 2.05) is 0 Å². The van der Waals surface area contributed by atoms with Crippen LogP contribution in [0.3, 0.4) is 0 Å². The van der Waals surface area contributed by atoms with Crippen LogP contribution in [-0.2, 0) is 21.7 Å². The molecular weight excluding hydrogens is 1440 g/mol. The predicted octanol–water partition coefficient (Wildman–Crippen LogP) is 23.0. The highest BCUT2D eigenvalue weighted by molar-refractivity contribution is 7.02. The highest BCUT2D eigenvalue weighted by Gasteiger charge is 2.54. The minimum atomic E-state index is -1.05. The van der Waals surface area contributed by atoms with Crippen LogP contribution in [0.25, 0.3) is 0 Å². The largest absolute Gasteiger partial charge is 0.311 e. The number of rotatable bonds is 9. The Morgan fingerprint density at radius 2 is 0.370 bits per heavy atom. The molecule has 6 aliphatic rings. The van der Waals surface area contributed by atoms with E-state index in [0.717, 1.165) is 34.1 Å². The zero-order valence-corrected chi connectivity index (χ0v) is 71.4. The zero-order valence-electron chi connectivity index (χ0n) is 71.4. The van der Waals surface area contributed by atoms with Crippen LogP contribution in [0.4, 0.5) is 102 Å². The molecule has 0 atom stereocenters. The molecule has 9 heteroatoms. The van der Waals surface area contributed by atoms with Crippen molar-refractivity contribution in [2.75, 3.05) is 29.4 Å². The number of fused-ring (bicyclic) bond motifs is 12. The number of anilines is 18. The molecule has 6 aliphatic heterocycles. The summed E-state index contributed by atoms with van der Waals surface area (Å²) in [5.74, 6) is 0. The van der Waals surface area contributed by atoms with Gasteiger partial charge in [-0.1, -0.05) is 259 Å². The molecule has 15 aromatic carbocycles. The van der Waals surface area contributed by atoms with E-state index in [4.69, 9.17) is 0 Å². The van der Waals surface area contributed by atoms with E-state index in [-0.39, 0.29) is 36.4 Å². The molecule has 21 rings (SSSR count). The molecule has 0 fully saturated rings. The number of aryl methyl sites for hydroxylation is 6. The molecule has 0 bridgehead atoms. The SMILES string of the molecule is Cc1ccc(N2c3ccc(C)cc3B3c4c2cccc4N(c2ccc(C(C)(C)C)cc2)c2cccc(C(C)(c4cccc5c4B4c6cc(C)ccc6N(c6ccc(C)cc6)c6cccc(c64)N5c4ccc(C(C)(C)C)cc4)c4cccc5c4B4c6cc(C)ccc6N(c6ccc(C)cc6)c6cccc(c64)N5c4ccc(C(C)(C)C)cc4)c23)cc1. The Hall–Kier alpha value is -12.7. The van der Waals surface area contributed by atoms with Crippen molar-refractivity contribution < 1.29 is 0 Å². The van der Waals surface area contributed by atoms with Crippen LogP contribution in [0, 0.1) is 41.5 Å². The normalized spacial score (nSPS) is 14.1. The fraction of sp³-hybridized carbons (Fsp3) is 0.182. The van der Waals surface area contributed by atoms with E-state index in [9.17, 15) is 0 Å². The standard InChI is InChI=1S/C110H99B3N6/c1-68-35-50-77(51-36-68)114-89-62-41-71(4)65-86(89)111-101-83(23-17-26-92(101)117(98-32-20-29-95(114)104(98)111)80-56-44-74(45-57-80)107(7,8)9)110(16,84-24-18-27-93-102(84)112-87-66-72(5)42-63-90(87)115(78-52-37-69(2)38-53-78)96-30-21-33-99(105(96)112)118(93)81-58-46-75(47-59-81)108(10,11)12)85-25-19-28-94-103(85)113-88-67-73(6)43-64-91(88)116(79-54-39-70(3)40-55-79)97-31-22-34-100(106(97)113)119(94)82-60-48-76(49-61-82)109(13,14)15/h17-67H,1-16H3. The lowest BCUT2D eigenvalue weighted by atomic mass is 9.29. The minimum Gasteiger partial charge on any atom is -0.311 e. The van der Waals surface area contributed by atoms with Crippen molar-refractivity contribution in [3.05, 3.63) is 376 Å². The van der Waals surface area contributed by atoms with Crippen LogP contribution in [0.5, 0.6) is 0 Å². The summed E-state index contributed by atoms with van der Waals surface area (Å²) in [4.78, 5) is 15.6. The van der Waals surface area contributed by atoms with Gasteiger partial charge in [0, 0.05) is 108 Å². The van der Waals surface area contributed by atoms with Gasteiger partial charge in [0.05, 0.1) is 0 Å². The molecule has 0 spiro atoms. The highest BCUT2D eigenvalue weighted by atomic mass is 15.2. The third-order valence-corrected chi connectivity index (χ3v) is 27.0. The van der Waals surface area contributed by atoms with Gasteiger partial charge in [-0.3, -0.25) is 0 Å². The highest BCUT2D eigenvalue weighted by Crippen LogP contribution is 2.54. The van der Waals surface area contributed by atoms with E-state index >= 15 is 0 Å². The molecule has 0 unspecified atom stereocenters. The van der Waals surface area contributed by atoms with Crippen LogP contribution < -0.4 is 78.6 Å². The van der Waals surface area contributed by atoms with E-state index < -0.39 is 5.41 Å². The van der Waals surface area contributed by atoms with E-state index in [1.54, 1.807) is 0 Å². The van der Waals surface area contributed by atoms with Gasteiger partial charge in [0.15, 0.2) is 0 Å².